The number of fused-ring (bicyclic) bond motifs is 2. The normalized spacial score (nSPS) is 29.9. The average Bonchev–Trinajstić information content (AvgIpc) is 3.48. The highest BCUT2D eigenvalue weighted by Gasteiger charge is 2.48. The minimum absolute atomic E-state index is 0.0137. The van der Waals surface area contributed by atoms with Gasteiger partial charge in [0, 0.05) is 29.8 Å². The largest absolute Gasteiger partial charge is 0.457 e. The molecule has 2 saturated carbocycles. The van der Waals surface area contributed by atoms with Crippen LogP contribution in [0.3, 0.4) is 0 Å². The number of rotatable bonds is 4. The zero-order valence-electron chi connectivity index (χ0n) is 15.6. The van der Waals surface area contributed by atoms with Crippen LogP contribution in [0.1, 0.15) is 31.4 Å². The fourth-order valence-electron chi connectivity index (χ4n) is 4.90. The van der Waals surface area contributed by atoms with Crippen LogP contribution in [0.2, 0.25) is 0 Å². The first-order valence-electron chi connectivity index (χ1n) is 9.73. The summed E-state index contributed by atoms with van der Waals surface area (Å²) in [6, 6.07) is 10.2. The number of furan rings is 1. The second kappa shape index (κ2) is 7.25. The molecule has 1 saturated heterocycles. The summed E-state index contributed by atoms with van der Waals surface area (Å²) < 4.78 is 5.69. The van der Waals surface area contributed by atoms with Crippen LogP contribution < -0.4 is 0 Å². The summed E-state index contributed by atoms with van der Waals surface area (Å²) in [5.41, 5.74) is 0.643. The summed E-state index contributed by atoms with van der Waals surface area (Å²) in [6.07, 6.45) is 6.60. The highest BCUT2D eigenvalue weighted by molar-refractivity contribution is 8.14. The van der Waals surface area contributed by atoms with Gasteiger partial charge in [-0.25, -0.2) is 0 Å². The molecule has 2 aliphatic carbocycles. The van der Waals surface area contributed by atoms with E-state index in [1.54, 1.807) is 30.3 Å². The number of carbonyl (C=O) groups excluding carboxylic acids is 1. The van der Waals surface area contributed by atoms with E-state index >= 15 is 0 Å². The molecule has 1 aliphatic heterocycles. The third-order valence-electron chi connectivity index (χ3n) is 6.22. The van der Waals surface area contributed by atoms with E-state index in [4.69, 9.17) is 4.42 Å². The molecule has 1 aromatic carbocycles. The number of carbonyl (C=O) groups is 1. The number of hydrogen-bond donors (Lipinski definition) is 1. The molecule has 3 fully saturated rings. The van der Waals surface area contributed by atoms with Crippen LogP contribution >= 0.6 is 24.4 Å². The Hall–Kier alpha value is -2.19. The maximum Gasteiger partial charge on any atom is 0.270 e. The second-order valence-electron chi connectivity index (χ2n) is 7.92. The first-order chi connectivity index (χ1) is 14.0. The van der Waals surface area contributed by atoms with Crippen molar-refractivity contribution in [3.05, 3.63) is 57.2 Å². The molecule has 0 N–H and O–H groups in total. The Kier molecular flexibility index (Phi) is 4.70. The third-order valence-corrected chi connectivity index (χ3v) is 7.76. The minimum Gasteiger partial charge on any atom is -0.457 e. The van der Waals surface area contributed by atoms with Gasteiger partial charge in [-0.2, -0.15) is 0 Å². The van der Waals surface area contributed by atoms with Crippen molar-refractivity contribution in [1.82, 2.24) is 4.90 Å². The minimum atomic E-state index is -0.430. The molecule has 4 atom stereocenters. The van der Waals surface area contributed by atoms with Gasteiger partial charge in [0.05, 0.1) is 9.83 Å². The predicted molar refractivity (Wildman–Crippen MR) is 115 cm³/mol. The van der Waals surface area contributed by atoms with Crippen molar-refractivity contribution in [3.8, 4) is 11.3 Å². The molecule has 0 spiro atoms. The molecule has 5 rings (SSSR count). The Morgan fingerprint density at radius 2 is 2.10 bits per heavy atom. The number of non-ortho nitro benzene ring substituents is 1. The molecular formula is C21H20N2O4S2. The lowest BCUT2D eigenvalue weighted by molar-refractivity contribution is -0.384. The van der Waals surface area contributed by atoms with Crippen LogP contribution in [0.5, 0.6) is 0 Å². The molecule has 8 heteroatoms. The molecule has 3 aliphatic rings. The second-order valence-corrected chi connectivity index (χ2v) is 9.88. The number of thiol groups is 1. The van der Waals surface area contributed by atoms with Crippen molar-refractivity contribution >= 4 is 42.1 Å². The Bertz CT molecular complexity index is 1020. The van der Waals surface area contributed by atoms with Gasteiger partial charge in [-0.3, -0.25) is 14.9 Å². The van der Waals surface area contributed by atoms with Gasteiger partial charge in [0.1, 0.15) is 16.2 Å². The Morgan fingerprint density at radius 3 is 2.83 bits per heavy atom. The van der Waals surface area contributed by atoms with E-state index in [1.807, 2.05) is 4.90 Å². The molecule has 1 amide bonds. The molecule has 29 heavy (non-hydrogen) atoms. The maximum absolute atomic E-state index is 13.1. The number of hydrogen-bond acceptors (Lipinski definition) is 6. The van der Waals surface area contributed by atoms with E-state index in [0.717, 1.165) is 12.3 Å². The van der Waals surface area contributed by atoms with Crippen molar-refractivity contribution in [3.63, 3.8) is 0 Å². The summed E-state index contributed by atoms with van der Waals surface area (Å²) in [7, 11) is 0. The molecular weight excluding hydrogens is 408 g/mol. The van der Waals surface area contributed by atoms with Crippen molar-refractivity contribution in [2.75, 3.05) is 0 Å². The van der Waals surface area contributed by atoms with E-state index in [-0.39, 0.29) is 16.3 Å². The van der Waals surface area contributed by atoms with Crippen LogP contribution in [-0.4, -0.2) is 26.5 Å². The zero-order chi connectivity index (χ0) is 20.1. The SMILES string of the molecule is O=C1/C(=C/c2ccc(-c3cccc([N+](=O)[O-])c3)o2)SC(S)N1C1CC2CCC1C2. The van der Waals surface area contributed by atoms with E-state index in [2.05, 4.69) is 12.6 Å². The Balaban J connectivity index is 1.37. The van der Waals surface area contributed by atoms with Crippen LogP contribution in [0.25, 0.3) is 17.4 Å². The lowest BCUT2D eigenvalue weighted by Crippen LogP contribution is -2.42. The van der Waals surface area contributed by atoms with Gasteiger partial charge >= 0.3 is 0 Å². The number of nitro groups is 1. The fourth-order valence-corrected chi connectivity index (χ4v) is 6.50. The van der Waals surface area contributed by atoms with Gasteiger partial charge in [-0.1, -0.05) is 30.3 Å². The molecule has 1 aromatic heterocycles. The molecule has 0 radical (unpaired) electrons. The van der Waals surface area contributed by atoms with Gasteiger partial charge in [-0.05, 0) is 43.2 Å². The molecule has 6 nitrogen and oxygen atoms in total. The van der Waals surface area contributed by atoms with Gasteiger partial charge < -0.3 is 9.32 Å². The molecule has 2 heterocycles. The van der Waals surface area contributed by atoms with Crippen LogP contribution in [0.4, 0.5) is 5.69 Å². The van der Waals surface area contributed by atoms with Gasteiger partial charge in [0.2, 0.25) is 0 Å². The monoisotopic (exact) mass is 428 g/mol. The zero-order valence-corrected chi connectivity index (χ0v) is 17.3. The van der Waals surface area contributed by atoms with Gasteiger partial charge in [0.15, 0.2) is 0 Å². The highest BCUT2D eigenvalue weighted by Crippen LogP contribution is 2.51. The molecule has 2 bridgehead atoms. The molecule has 150 valence electrons. The Labute approximate surface area is 177 Å². The van der Waals surface area contributed by atoms with Gasteiger partial charge in [-0.15, -0.1) is 12.6 Å². The summed E-state index contributed by atoms with van der Waals surface area (Å²) in [6.45, 7) is 0. The van der Waals surface area contributed by atoms with Crippen LogP contribution in [0.15, 0.2) is 45.7 Å². The average molecular weight is 429 g/mol. The number of nitro benzene ring substituents is 1. The lowest BCUT2D eigenvalue weighted by Gasteiger charge is -2.33. The van der Waals surface area contributed by atoms with Crippen molar-refractivity contribution in [2.24, 2.45) is 11.8 Å². The van der Waals surface area contributed by atoms with E-state index in [0.29, 0.717) is 33.9 Å². The smallest absolute Gasteiger partial charge is 0.270 e. The summed E-state index contributed by atoms with van der Waals surface area (Å²) >= 11 is 6.12. The summed E-state index contributed by atoms with van der Waals surface area (Å²) in [4.78, 5) is 26.2. The van der Waals surface area contributed by atoms with Crippen molar-refractivity contribution in [1.29, 1.82) is 0 Å². The van der Waals surface area contributed by atoms with Gasteiger partial charge in [0.25, 0.3) is 11.6 Å². The topological polar surface area (TPSA) is 76.6 Å². The summed E-state index contributed by atoms with van der Waals surface area (Å²) in [5.74, 6) is 2.49. The van der Waals surface area contributed by atoms with Crippen LogP contribution in [-0.2, 0) is 4.79 Å². The summed E-state index contributed by atoms with van der Waals surface area (Å²) in [5, 5.41) is 11.0. The van der Waals surface area contributed by atoms with Crippen molar-refractivity contribution < 1.29 is 14.1 Å². The Morgan fingerprint density at radius 1 is 1.24 bits per heavy atom. The number of benzene rings is 1. The first-order valence-corrected chi connectivity index (χ1v) is 11.1. The fraction of sp³-hybridized carbons (Fsp3) is 0.381. The van der Waals surface area contributed by atoms with E-state index in [1.165, 1.54) is 43.2 Å². The van der Waals surface area contributed by atoms with E-state index < -0.39 is 4.92 Å². The first kappa shape index (κ1) is 18.8. The highest BCUT2D eigenvalue weighted by atomic mass is 32.2. The quantitative estimate of drug-likeness (QED) is 0.315. The predicted octanol–water partition coefficient (Wildman–Crippen LogP) is 5.17. The molecule has 4 unspecified atom stereocenters. The molecule has 2 aromatic rings. The standard InChI is InChI=1S/C21H20N2O4S2/c24-20-19(29-21(28)22(20)17-9-12-4-5-13(17)8-12)11-16-6-7-18(27-16)14-2-1-3-15(10-14)23(25)26/h1-3,6-7,10-13,17,21,28H,4-5,8-9H2/b19-11-. The van der Waals surface area contributed by atoms with Crippen molar-refractivity contribution in [2.45, 2.75) is 36.4 Å². The van der Waals surface area contributed by atoms with Crippen LogP contribution in [0, 0.1) is 22.0 Å². The number of thioether (sulfide) groups is 1. The number of nitrogens with zero attached hydrogens (tertiary/aromatic N) is 2. The lowest BCUT2D eigenvalue weighted by atomic mass is 9.94. The van der Waals surface area contributed by atoms with E-state index in [9.17, 15) is 14.9 Å². The third kappa shape index (κ3) is 3.38. The number of amides is 1. The maximum atomic E-state index is 13.1.